The van der Waals surface area contributed by atoms with Gasteiger partial charge in [0.05, 0.1) is 6.04 Å². The minimum atomic E-state index is -4.42. The standard InChI is InChI=1S/C9H14F3N3O2.ClH/c1-5(13)7(16)14-6-2-3-15(8(6)17)4-9(10,11)12;/h5-6H,2-4,13H2,1H3,(H,14,16);1H/t5-,6?;/m1./s1. The Balaban J connectivity index is 0.00000289. The number of carbonyl (C=O) groups is 2. The number of rotatable bonds is 3. The summed E-state index contributed by atoms with van der Waals surface area (Å²) in [4.78, 5) is 23.4. The smallest absolute Gasteiger partial charge is 0.343 e. The van der Waals surface area contributed by atoms with E-state index in [0.29, 0.717) is 4.90 Å². The molecule has 1 aliphatic heterocycles. The predicted molar refractivity (Wildman–Crippen MR) is 60.1 cm³/mol. The van der Waals surface area contributed by atoms with Crippen LogP contribution in [0.5, 0.6) is 0 Å². The molecule has 0 aliphatic carbocycles. The van der Waals surface area contributed by atoms with Crippen molar-refractivity contribution in [2.24, 2.45) is 5.73 Å². The average molecular weight is 290 g/mol. The van der Waals surface area contributed by atoms with Crippen LogP contribution in [0, 0.1) is 0 Å². The summed E-state index contributed by atoms with van der Waals surface area (Å²) in [5.41, 5.74) is 5.28. The summed E-state index contributed by atoms with van der Waals surface area (Å²) in [6.07, 6.45) is -4.25. The Morgan fingerprint density at radius 1 is 1.61 bits per heavy atom. The van der Waals surface area contributed by atoms with Crippen molar-refractivity contribution >= 4 is 24.2 Å². The van der Waals surface area contributed by atoms with Gasteiger partial charge in [-0.1, -0.05) is 0 Å². The van der Waals surface area contributed by atoms with Crippen molar-refractivity contribution in [1.82, 2.24) is 10.2 Å². The third-order valence-electron chi connectivity index (χ3n) is 2.40. The molecule has 1 heterocycles. The summed E-state index contributed by atoms with van der Waals surface area (Å²) >= 11 is 0. The van der Waals surface area contributed by atoms with Crippen LogP contribution in [-0.2, 0) is 9.59 Å². The lowest BCUT2D eigenvalue weighted by molar-refractivity contribution is -0.158. The van der Waals surface area contributed by atoms with Crippen LogP contribution in [-0.4, -0.2) is 48.1 Å². The Morgan fingerprint density at radius 3 is 2.61 bits per heavy atom. The van der Waals surface area contributed by atoms with E-state index >= 15 is 0 Å². The van der Waals surface area contributed by atoms with Crippen LogP contribution in [0.25, 0.3) is 0 Å². The van der Waals surface area contributed by atoms with E-state index in [1.54, 1.807) is 0 Å². The van der Waals surface area contributed by atoms with Crippen LogP contribution in [0.1, 0.15) is 13.3 Å². The van der Waals surface area contributed by atoms with Crippen LogP contribution >= 0.6 is 12.4 Å². The quantitative estimate of drug-likeness (QED) is 0.770. The third kappa shape index (κ3) is 4.69. The number of nitrogens with one attached hydrogen (secondary N) is 1. The molecule has 0 saturated carbocycles. The Morgan fingerprint density at radius 2 is 2.17 bits per heavy atom. The number of carbonyl (C=O) groups excluding carboxylic acids is 2. The van der Waals surface area contributed by atoms with Crippen molar-refractivity contribution in [1.29, 1.82) is 0 Å². The van der Waals surface area contributed by atoms with Gasteiger partial charge in [-0.2, -0.15) is 13.2 Å². The van der Waals surface area contributed by atoms with Gasteiger partial charge in [0.2, 0.25) is 11.8 Å². The van der Waals surface area contributed by atoms with Crippen LogP contribution in [0.2, 0.25) is 0 Å². The van der Waals surface area contributed by atoms with Crippen LogP contribution in [0.4, 0.5) is 13.2 Å². The first kappa shape index (κ1) is 17.0. The van der Waals surface area contributed by atoms with Gasteiger partial charge in [0.1, 0.15) is 12.6 Å². The molecule has 9 heteroatoms. The Labute approximate surface area is 108 Å². The molecule has 0 bridgehead atoms. The van der Waals surface area contributed by atoms with Crippen molar-refractivity contribution in [3.05, 3.63) is 0 Å². The van der Waals surface area contributed by atoms with Gasteiger partial charge >= 0.3 is 6.18 Å². The zero-order chi connectivity index (χ0) is 13.2. The lowest BCUT2D eigenvalue weighted by atomic mass is 10.2. The van der Waals surface area contributed by atoms with Gasteiger partial charge in [-0.25, -0.2) is 0 Å². The van der Waals surface area contributed by atoms with Gasteiger partial charge in [-0.3, -0.25) is 9.59 Å². The fraction of sp³-hybridized carbons (Fsp3) is 0.778. The summed E-state index contributed by atoms with van der Waals surface area (Å²) in [7, 11) is 0. The molecule has 5 nitrogen and oxygen atoms in total. The fourth-order valence-corrected chi connectivity index (χ4v) is 1.55. The second-order valence-corrected chi connectivity index (χ2v) is 4.01. The summed E-state index contributed by atoms with van der Waals surface area (Å²) in [5.74, 6) is -1.26. The van der Waals surface area contributed by atoms with Gasteiger partial charge < -0.3 is 16.0 Å². The number of hydrogen-bond donors (Lipinski definition) is 2. The average Bonchev–Trinajstić information content (AvgIpc) is 2.47. The van der Waals surface area contributed by atoms with Crippen molar-refractivity contribution in [2.45, 2.75) is 31.6 Å². The first-order valence-corrected chi connectivity index (χ1v) is 5.12. The van der Waals surface area contributed by atoms with E-state index in [4.69, 9.17) is 5.73 Å². The maximum Gasteiger partial charge on any atom is 0.406 e. The number of nitrogens with two attached hydrogens (primary N) is 1. The molecule has 2 atom stereocenters. The molecule has 2 amide bonds. The van der Waals surface area contributed by atoms with E-state index in [0.717, 1.165) is 0 Å². The van der Waals surface area contributed by atoms with E-state index in [1.165, 1.54) is 6.92 Å². The maximum absolute atomic E-state index is 12.1. The number of alkyl halides is 3. The van der Waals surface area contributed by atoms with E-state index in [9.17, 15) is 22.8 Å². The van der Waals surface area contributed by atoms with Gasteiger partial charge in [0.25, 0.3) is 0 Å². The fourth-order valence-electron chi connectivity index (χ4n) is 1.55. The lowest BCUT2D eigenvalue weighted by Crippen LogP contribution is -2.48. The predicted octanol–water partition coefficient (Wildman–Crippen LogP) is 0.0348. The highest BCUT2D eigenvalue weighted by Gasteiger charge is 2.39. The third-order valence-corrected chi connectivity index (χ3v) is 2.40. The number of hydrogen-bond acceptors (Lipinski definition) is 3. The minimum absolute atomic E-state index is 0. The summed E-state index contributed by atoms with van der Waals surface area (Å²) in [5, 5.41) is 2.32. The zero-order valence-corrected chi connectivity index (χ0v) is 10.5. The first-order valence-electron chi connectivity index (χ1n) is 5.12. The molecule has 1 rings (SSSR count). The highest BCUT2D eigenvalue weighted by Crippen LogP contribution is 2.20. The van der Waals surface area contributed by atoms with Gasteiger partial charge in [0.15, 0.2) is 0 Å². The number of halogens is 4. The lowest BCUT2D eigenvalue weighted by Gasteiger charge is -2.19. The van der Waals surface area contributed by atoms with Gasteiger partial charge in [-0.05, 0) is 13.3 Å². The first-order chi connectivity index (χ1) is 7.70. The molecular formula is C9H15ClF3N3O2. The number of likely N-dealkylation sites (tertiary alicyclic amines) is 1. The van der Waals surface area contributed by atoms with Crippen molar-refractivity contribution in [2.75, 3.05) is 13.1 Å². The molecule has 0 radical (unpaired) electrons. The van der Waals surface area contributed by atoms with E-state index in [1.807, 2.05) is 0 Å². The normalized spacial score (nSPS) is 21.5. The van der Waals surface area contributed by atoms with Gasteiger partial charge in [-0.15, -0.1) is 12.4 Å². The topological polar surface area (TPSA) is 75.4 Å². The second-order valence-electron chi connectivity index (χ2n) is 4.01. The molecule has 1 fully saturated rings. The molecule has 106 valence electrons. The highest BCUT2D eigenvalue weighted by molar-refractivity contribution is 5.90. The minimum Gasteiger partial charge on any atom is -0.343 e. The molecule has 1 aliphatic rings. The number of amides is 2. The number of nitrogens with zero attached hydrogens (tertiary/aromatic N) is 1. The van der Waals surface area contributed by atoms with Crippen molar-refractivity contribution < 1.29 is 22.8 Å². The zero-order valence-electron chi connectivity index (χ0n) is 9.66. The van der Waals surface area contributed by atoms with E-state index in [-0.39, 0.29) is 25.4 Å². The van der Waals surface area contributed by atoms with Crippen LogP contribution in [0.3, 0.4) is 0 Å². The summed E-state index contributed by atoms with van der Waals surface area (Å²) in [6, 6.07) is -1.68. The Kier molecular flexibility index (Phi) is 5.88. The Hall–Kier alpha value is -1.02. The van der Waals surface area contributed by atoms with E-state index < -0.39 is 36.6 Å². The molecule has 0 aromatic heterocycles. The van der Waals surface area contributed by atoms with Crippen LogP contribution in [0.15, 0.2) is 0 Å². The SMILES string of the molecule is C[C@@H](N)C(=O)NC1CCN(CC(F)(F)F)C1=O.Cl. The van der Waals surface area contributed by atoms with Crippen molar-refractivity contribution in [3.63, 3.8) is 0 Å². The summed E-state index contributed by atoms with van der Waals surface area (Å²) < 4.78 is 36.3. The van der Waals surface area contributed by atoms with Crippen LogP contribution < -0.4 is 11.1 Å². The molecule has 0 aromatic rings. The molecule has 1 unspecified atom stereocenters. The Bertz CT molecular complexity index is 323. The second kappa shape index (κ2) is 6.24. The van der Waals surface area contributed by atoms with E-state index in [2.05, 4.69) is 5.32 Å². The molecule has 0 aromatic carbocycles. The molecule has 0 spiro atoms. The van der Waals surface area contributed by atoms with Gasteiger partial charge in [0, 0.05) is 6.54 Å². The maximum atomic E-state index is 12.1. The molecule has 3 N–H and O–H groups in total. The molecular weight excluding hydrogens is 275 g/mol. The monoisotopic (exact) mass is 289 g/mol. The largest absolute Gasteiger partial charge is 0.406 e. The molecule has 1 saturated heterocycles. The highest BCUT2D eigenvalue weighted by atomic mass is 35.5. The molecule has 18 heavy (non-hydrogen) atoms. The summed E-state index contributed by atoms with van der Waals surface area (Å²) in [6.45, 7) is 0.140. The van der Waals surface area contributed by atoms with Crippen molar-refractivity contribution in [3.8, 4) is 0 Å².